The number of nitrogens with one attached hydrogen (secondary N) is 1. The molecule has 0 aliphatic carbocycles. The van der Waals surface area contributed by atoms with Gasteiger partial charge in [0.25, 0.3) is 5.91 Å². The van der Waals surface area contributed by atoms with Crippen molar-refractivity contribution >= 4 is 11.8 Å². The third-order valence-corrected chi connectivity index (χ3v) is 5.08. The first-order valence-corrected chi connectivity index (χ1v) is 10.0. The number of ether oxygens (including phenoxy) is 2. The van der Waals surface area contributed by atoms with E-state index < -0.39 is 0 Å². The molecule has 1 N–H and O–H groups in total. The molecule has 1 aromatic heterocycles. The van der Waals surface area contributed by atoms with Crippen LogP contribution in [0.25, 0.3) is 0 Å². The molecule has 0 spiro atoms. The van der Waals surface area contributed by atoms with E-state index >= 15 is 0 Å². The van der Waals surface area contributed by atoms with Gasteiger partial charge in [0.15, 0.2) is 11.5 Å². The lowest BCUT2D eigenvalue weighted by Crippen LogP contribution is -2.42. The minimum atomic E-state index is -0.0857. The van der Waals surface area contributed by atoms with Gasteiger partial charge in [0.1, 0.15) is 6.26 Å². The smallest absolute Gasteiger partial charge is 0.257 e. The fourth-order valence-corrected chi connectivity index (χ4v) is 3.40. The zero-order valence-corrected chi connectivity index (χ0v) is 17.0. The van der Waals surface area contributed by atoms with Crippen LogP contribution in [-0.2, 0) is 11.3 Å². The summed E-state index contributed by atoms with van der Waals surface area (Å²) in [5.41, 5.74) is 1.50. The largest absolute Gasteiger partial charge is 0.493 e. The van der Waals surface area contributed by atoms with Gasteiger partial charge in [-0.2, -0.15) is 0 Å². The highest BCUT2D eigenvalue weighted by molar-refractivity contribution is 5.94. The molecule has 0 saturated carbocycles. The number of methoxy groups -OCH3 is 1. The number of nitrogens with zero attached hydrogens (tertiary/aromatic N) is 1. The summed E-state index contributed by atoms with van der Waals surface area (Å²) in [5, 5.41) is 3.00. The van der Waals surface area contributed by atoms with Crippen molar-refractivity contribution in [1.29, 1.82) is 0 Å². The standard InChI is InChI=1S/C22H28N2O5/c1-3-11-29-19-5-4-16(13-20(19)27-2)14-23-21(25)17-6-9-24(10-7-17)22(26)18-8-12-28-15-18/h4-5,8,12-13,15,17H,3,6-7,9-11,14H2,1-2H3,(H,23,25). The number of amides is 2. The van der Waals surface area contributed by atoms with E-state index in [2.05, 4.69) is 5.32 Å². The summed E-state index contributed by atoms with van der Waals surface area (Å²) < 4.78 is 16.0. The number of piperidine rings is 1. The van der Waals surface area contributed by atoms with Crippen LogP contribution in [0.3, 0.4) is 0 Å². The molecule has 0 unspecified atom stereocenters. The van der Waals surface area contributed by atoms with Crippen LogP contribution in [0, 0.1) is 5.92 Å². The molecule has 0 bridgehead atoms. The van der Waals surface area contributed by atoms with Crippen molar-refractivity contribution in [3.05, 3.63) is 47.9 Å². The third-order valence-electron chi connectivity index (χ3n) is 5.08. The number of likely N-dealkylation sites (tertiary alicyclic amines) is 1. The maximum absolute atomic E-state index is 12.6. The second kappa shape index (κ2) is 10.0. The molecule has 7 nitrogen and oxygen atoms in total. The predicted molar refractivity (Wildman–Crippen MR) is 108 cm³/mol. The van der Waals surface area contributed by atoms with Crippen molar-refractivity contribution in [3.63, 3.8) is 0 Å². The molecule has 2 aromatic rings. The van der Waals surface area contributed by atoms with E-state index in [1.54, 1.807) is 18.1 Å². The number of rotatable bonds is 8. The van der Waals surface area contributed by atoms with Crippen molar-refractivity contribution in [2.24, 2.45) is 5.92 Å². The maximum Gasteiger partial charge on any atom is 0.257 e. The first-order chi connectivity index (χ1) is 14.1. The van der Waals surface area contributed by atoms with Gasteiger partial charge >= 0.3 is 0 Å². The zero-order valence-electron chi connectivity index (χ0n) is 17.0. The molecular formula is C22H28N2O5. The van der Waals surface area contributed by atoms with E-state index in [4.69, 9.17) is 13.9 Å². The van der Waals surface area contributed by atoms with Gasteiger partial charge in [-0.3, -0.25) is 9.59 Å². The molecule has 3 rings (SSSR count). The third kappa shape index (κ3) is 5.31. The summed E-state index contributed by atoms with van der Waals surface area (Å²) >= 11 is 0. The molecule has 0 atom stereocenters. The van der Waals surface area contributed by atoms with E-state index in [0.29, 0.717) is 56.1 Å². The highest BCUT2D eigenvalue weighted by Crippen LogP contribution is 2.28. The summed E-state index contributed by atoms with van der Waals surface area (Å²) in [4.78, 5) is 26.7. The van der Waals surface area contributed by atoms with Gasteiger partial charge < -0.3 is 24.1 Å². The van der Waals surface area contributed by atoms with Gasteiger partial charge in [-0.05, 0) is 43.0 Å². The Hall–Kier alpha value is -2.96. The number of hydrogen-bond donors (Lipinski definition) is 1. The molecule has 1 aliphatic heterocycles. The minimum absolute atomic E-state index is 0.0192. The van der Waals surface area contributed by atoms with Crippen LogP contribution in [0.1, 0.15) is 42.1 Å². The lowest BCUT2D eigenvalue weighted by atomic mass is 9.95. The van der Waals surface area contributed by atoms with Crippen LogP contribution in [0.15, 0.2) is 41.2 Å². The minimum Gasteiger partial charge on any atom is -0.493 e. The molecule has 7 heteroatoms. The number of carbonyl (C=O) groups excluding carboxylic acids is 2. The summed E-state index contributed by atoms with van der Waals surface area (Å²) in [5.74, 6) is 1.26. The summed E-state index contributed by atoms with van der Waals surface area (Å²) in [6.07, 6.45) is 5.18. The average molecular weight is 400 g/mol. The van der Waals surface area contributed by atoms with Gasteiger partial charge in [-0.15, -0.1) is 0 Å². The lowest BCUT2D eigenvalue weighted by molar-refractivity contribution is -0.126. The molecule has 1 aliphatic rings. The number of carbonyl (C=O) groups is 2. The Morgan fingerprint density at radius 1 is 1.21 bits per heavy atom. The Labute approximate surface area is 171 Å². The molecule has 0 radical (unpaired) electrons. The zero-order chi connectivity index (χ0) is 20.6. The molecule has 1 fully saturated rings. The van der Waals surface area contributed by atoms with E-state index in [1.807, 2.05) is 25.1 Å². The van der Waals surface area contributed by atoms with Crippen LogP contribution in [0.5, 0.6) is 11.5 Å². The summed E-state index contributed by atoms with van der Waals surface area (Å²) in [6.45, 7) is 4.25. The normalized spacial score (nSPS) is 14.5. The average Bonchev–Trinajstić information content (AvgIpc) is 3.30. The highest BCUT2D eigenvalue weighted by atomic mass is 16.5. The molecule has 29 heavy (non-hydrogen) atoms. The van der Waals surface area contributed by atoms with E-state index in [-0.39, 0.29) is 17.7 Å². The van der Waals surface area contributed by atoms with Crippen molar-refractivity contribution < 1.29 is 23.5 Å². The number of benzene rings is 1. The fraction of sp³-hybridized carbons (Fsp3) is 0.455. The van der Waals surface area contributed by atoms with Crippen molar-refractivity contribution in [1.82, 2.24) is 10.2 Å². The SMILES string of the molecule is CCCOc1ccc(CNC(=O)C2CCN(C(=O)c3ccoc3)CC2)cc1OC. The Balaban J connectivity index is 1.48. The maximum atomic E-state index is 12.6. The highest BCUT2D eigenvalue weighted by Gasteiger charge is 2.28. The summed E-state index contributed by atoms with van der Waals surface area (Å²) in [7, 11) is 1.61. The Morgan fingerprint density at radius 2 is 2.00 bits per heavy atom. The number of furan rings is 1. The van der Waals surface area contributed by atoms with Gasteiger partial charge in [-0.25, -0.2) is 0 Å². The quantitative estimate of drug-likeness (QED) is 0.736. The van der Waals surface area contributed by atoms with Crippen LogP contribution in [0.4, 0.5) is 0 Å². The van der Waals surface area contributed by atoms with Crippen LogP contribution in [-0.4, -0.2) is 43.5 Å². The Kier molecular flexibility index (Phi) is 7.16. The van der Waals surface area contributed by atoms with E-state index in [1.165, 1.54) is 12.5 Å². The second-order valence-corrected chi connectivity index (χ2v) is 7.13. The Morgan fingerprint density at radius 3 is 2.66 bits per heavy atom. The van der Waals surface area contributed by atoms with E-state index in [9.17, 15) is 9.59 Å². The molecular weight excluding hydrogens is 372 g/mol. The molecule has 2 heterocycles. The van der Waals surface area contributed by atoms with Gasteiger partial charge in [0, 0.05) is 25.6 Å². The monoisotopic (exact) mass is 400 g/mol. The van der Waals surface area contributed by atoms with Crippen LogP contribution >= 0.6 is 0 Å². The lowest BCUT2D eigenvalue weighted by Gasteiger charge is -2.31. The first kappa shape index (κ1) is 20.8. The number of hydrogen-bond acceptors (Lipinski definition) is 5. The predicted octanol–water partition coefficient (Wildman–Crippen LogP) is 3.25. The molecule has 156 valence electrons. The van der Waals surface area contributed by atoms with Crippen molar-refractivity contribution in [3.8, 4) is 11.5 Å². The molecule has 1 aromatic carbocycles. The van der Waals surface area contributed by atoms with E-state index in [0.717, 1.165) is 12.0 Å². The summed E-state index contributed by atoms with van der Waals surface area (Å²) in [6, 6.07) is 7.35. The fourth-order valence-electron chi connectivity index (χ4n) is 3.40. The van der Waals surface area contributed by atoms with Gasteiger partial charge in [-0.1, -0.05) is 13.0 Å². The van der Waals surface area contributed by atoms with Gasteiger partial charge in [0.05, 0.1) is 25.5 Å². The molecule has 1 saturated heterocycles. The Bertz CT molecular complexity index is 811. The topological polar surface area (TPSA) is 81.0 Å². The van der Waals surface area contributed by atoms with Crippen LogP contribution < -0.4 is 14.8 Å². The van der Waals surface area contributed by atoms with Gasteiger partial charge in [0.2, 0.25) is 5.91 Å². The van der Waals surface area contributed by atoms with Crippen LogP contribution in [0.2, 0.25) is 0 Å². The second-order valence-electron chi connectivity index (χ2n) is 7.13. The first-order valence-electron chi connectivity index (χ1n) is 10.0. The van der Waals surface area contributed by atoms with Crippen molar-refractivity contribution in [2.75, 3.05) is 26.8 Å². The van der Waals surface area contributed by atoms with Crippen molar-refractivity contribution in [2.45, 2.75) is 32.7 Å². The molecule has 2 amide bonds.